The number of aliphatic hydroxyl groups excluding tert-OH is 1. The monoisotopic (exact) mass is 173 g/mol. The predicted octanol–water partition coefficient (Wildman–Crippen LogP) is -1.25. The molecule has 1 aliphatic rings. The number of ether oxygens (including phenoxy) is 1. The van der Waals surface area contributed by atoms with Crippen LogP contribution in [0.25, 0.3) is 0 Å². The maximum atomic E-state index is 11.1. The largest absolute Gasteiger partial charge is 0.395 e. The van der Waals surface area contributed by atoms with Crippen LogP contribution in [0.4, 0.5) is 0 Å². The van der Waals surface area contributed by atoms with Crippen molar-refractivity contribution in [3.63, 3.8) is 0 Å². The lowest BCUT2D eigenvalue weighted by Crippen LogP contribution is -2.38. The summed E-state index contributed by atoms with van der Waals surface area (Å²) in [6.07, 6.45) is 0.214. The van der Waals surface area contributed by atoms with E-state index in [1.54, 1.807) is 0 Å². The molecule has 0 aromatic heterocycles. The molecular formula is C7H11NO4. The highest BCUT2D eigenvalue weighted by Gasteiger charge is 2.23. The van der Waals surface area contributed by atoms with Gasteiger partial charge in [0, 0.05) is 0 Å². The number of aliphatic hydroxyl groups is 1. The third kappa shape index (κ3) is 2.02. The summed E-state index contributed by atoms with van der Waals surface area (Å²) < 4.78 is 4.86. The molecule has 12 heavy (non-hydrogen) atoms. The van der Waals surface area contributed by atoms with E-state index < -0.39 is 0 Å². The molecule has 68 valence electrons. The molecule has 1 saturated heterocycles. The Morgan fingerprint density at radius 2 is 2.17 bits per heavy atom. The van der Waals surface area contributed by atoms with Crippen molar-refractivity contribution in [3.8, 4) is 0 Å². The van der Waals surface area contributed by atoms with Crippen LogP contribution in [0, 0.1) is 0 Å². The summed E-state index contributed by atoms with van der Waals surface area (Å²) in [4.78, 5) is 23.2. The first kappa shape index (κ1) is 9.15. The van der Waals surface area contributed by atoms with Crippen molar-refractivity contribution in [1.82, 2.24) is 4.90 Å². The number of hydrogen-bond acceptors (Lipinski definition) is 4. The van der Waals surface area contributed by atoms with Crippen LogP contribution < -0.4 is 0 Å². The highest BCUT2D eigenvalue weighted by molar-refractivity contribution is 5.96. The number of hydrogen-bond donors (Lipinski definition) is 1. The van der Waals surface area contributed by atoms with Gasteiger partial charge in [-0.05, 0) is 0 Å². The minimum Gasteiger partial charge on any atom is -0.395 e. The van der Waals surface area contributed by atoms with Gasteiger partial charge in [-0.3, -0.25) is 14.5 Å². The van der Waals surface area contributed by atoms with E-state index in [0.717, 1.165) is 4.90 Å². The SMILES string of the molecule is O=C1CCOCC(=O)N1CCO. The quantitative estimate of drug-likeness (QED) is 0.530. The minimum absolute atomic E-state index is 0.0638. The van der Waals surface area contributed by atoms with E-state index in [1.165, 1.54) is 0 Å². The molecule has 0 bridgehead atoms. The Labute approximate surface area is 69.9 Å². The fourth-order valence-corrected chi connectivity index (χ4v) is 1.02. The number of nitrogens with zero attached hydrogens (tertiary/aromatic N) is 1. The van der Waals surface area contributed by atoms with Crippen LogP contribution in [0.2, 0.25) is 0 Å². The fraction of sp³-hybridized carbons (Fsp3) is 0.714. The molecule has 2 amide bonds. The number of carbonyl (C=O) groups excluding carboxylic acids is 2. The molecule has 0 aromatic carbocycles. The van der Waals surface area contributed by atoms with Gasteiger partial charge >= 0.3 is 0 Å². The zero-order valence-corrected chi connectivity index (χ0v) is 6.65. The van der Waals surface area contributed by atoms with Gasteiger partial charge in [-0.2, -0.15) is 0 Å². The van der Waals surface area contributed by atoms with Crippen molar-refractivity contribution in [3.05, 3.63) is 0 Å². The van der Waals surface area contributed by atoms with Gasteiger partial charge in [-0.1, -0.05) is 0 Å². The van der Waals surface area contributed by atoms with Gasteiger partial charge < -0.3 is 9.84 Å². The average molecular weight is 173 g/mol. The number of β-amino-alcohol motifs (C(OH)–C–C–N with tert-alkyl or cyclic N) is 1. The summed E-state index contributed by atoms with van der Waals surface area (Å²) in [5.74, 6) is -0.641. The van der Waals surface area contributed by atoms with E-state index in [0.29, 0.717) is 0 Å². The molecule has 0 aliphatic carbocycles. The molecule has 5 heteroatoms. The molecule has 1 rings (SSSR count). The lowest BCUT2D eigenvalue weighted by Gasteiger charge is -2.15. The Bertz CT molecular complexity index is 174. The molecule has 0 saturated carbocycles. The van der Waals surface area contributed by atoms with Crippen molar-refractivity contribution in [2.24, 2.45) is 0 Å². The Kier molecular flexibility index (Phi) is 3.19. The van der Waals surface area contributed by atoms with Crippen LogP contribution in [-0.2, 0) is 14.3 Å². The van der Waals surface area contributed by atoms with Crippen LogP contribution in [-0.4, -0.2) is 48.2 Å². The van der Waals surface area contributed by atoms with Crippen LogP contribution >= 0.6 is 0 Å². The zero-order valence-electron chi connectivity index (χ0n) is 6.65. The first-order chi connectivity index (χ1) is 5.75. The Morgan fingerprint density at radius 1 is 1.42 bits per heavy atom. The third-order valence-corrected chi connectivity index (χ3v) is 1.61. The Balaban J connectivity index is 2.61. The van der Waals surface area contributed by atoms with E-state index >= 15 is 0 Å². The molecule has 1 aliphatic heterocycles. The van der Waals surface area contributed by atoms with Gasteiger partial charge in [0.25, 0.3) is 5.91 Å². The lowest BCUT2D eigenvalue weighted by atomic mass is 10.4. The highest BCUT2D eigenvalue weighted by atomic mass is 16.5. The van der Waals surface area contributed by atoms with Gasteiger partial charge in [0.1, 0.15) is 6.61 Å². The van der Waals surface area contributed by atoms with E-state index in [9.17, 15) is 9.59 Å². The summed E-state index contributed by atoms with van der Waals surface area (Å²) in [6, 6.07) is 0. The first-order valence-corrected chi connectivity index (χ1v) is 3.77. The topological polar surface area (TPSA) is 66.8 Å². The van der Waals surface area contributed by atoms with Gasteiger partial charge in [-0.15, -0.1) is 0 Å². The van der Waals surface area contributed by atoms with E-state index in [-0.39, 0.29) is 44.6 Å². The molecule has 1 N–H and O–H groups in total. The van der Waals surface area contributed by atoms with Gasteiger partial charge in [0.15, 0.2) is 0 Å². The normalized spacial score (nSPS) is 19.6. The van der Waals surface area contributed by atoms with Crippen LogP contribution in [0.3, 0.4) is 0 Å². The smallest absolute Gasteiger partial charge is 0.255 e. The molecule has 5 nitrogen and oxygen atoms in total. The lowest BCUT2D eigenvalue weighted by molar-refractivity contribution is -0.144. The molecule has 0 spiro atoms. The molecule has 0 radical (unpaired) electrons. The van der Waals surface area contributed by atoms with Crippen LogP contribution in [0.1, 0.15) is 6.42 Å². The second-order valence-corrected chi connectivity index (χ2v) is 2.47. The highest BCUT2D eigenvalue weighted by Crippen LogP contribution is 2.01. The summed E-state index contributed by atoms with van der Waals surface area (Å²) in [7, 11) is 0. The first-order valence-electron chi connectivity index (χ1n) is 3.77. The standard InChI is InChI=1S/C7H11NO4/c9-3-2-8-6(10)1-4-12-5-7(8)11/h9H,1-5H2. The Morgan fingerprint density at radius 3 is 2.83 bits per heavy atom. The second-order valence-electron chi connectivity index (χ2n) is 2.47. The molecule has 1 heterocycles. The Hall–Kier alpha value is -0.940. The summed E-state index contributed by atoms with van der Waals surface area (Å²) >= 11 is 0. The van der Waals surface area contributed by atoms with Crippen LogP contribution in [0.15, 0.2) is 0 Å². The predicted molar refractivity (Wildman–Crippen MR) is 39.2 cm³/mol. The van der Waals surface area contributed by atoms with Gasteiger partial charge in [0.2, 0.25) is 5.91 Å². The molecule has 1 fully saturated rings. The van der Waals surface area contributed by atoms with Crippen molar-refractivity contribution in [1.29, 1.82) is 0 Å². The maximum Gasteiger partial charge on any atom is 0.255 e. The third-order valence-electron chi connectivity index (χ3n) is 1.61. The molecule has 0 aromatic rings. The summed E-state index contributed by atoms with van der Waals surface area (Å²) in [5.41, 5.74) is 0. The maximum absolute atomic E-state index is 11.1. The number of rotatable bonds is 2. The van der Waals surface area contributed by atoms with Gasteiger partial charge in [-0.25, -0.2) is 0 Å². The minimum atomic E-state index is -0.369. The van der Waals surface area contributed by atoms with Gasteiger partial charge in [0.05, 0.1) is 26.2 Å². The van der Waals surface area contributed by atoms with E-state index in [2.05, 4.69) is 0 Å². The fourth-order valence-electron chi connectivity index (χ4n) is 1.02. The number of amides is 2. The molecule has 0 unspecified atom stereocenters. The van der Waals surface area contributed by atoms with Crippen molar-refractivity contribution >= 4 is 11.8 Å². The summed E-state index contributed by atoms with van der Waals surface area (Å²) in [6.45, 7) is 0.0940. The van der Waals surface area contributed by atoms with E-state index in [1.807, 2.05) is 0 Å². The van der Waals surface area contributed by atoms with E-state index in [4.69, 9.17) is 9.84 Å². The summed E-state index contributed by atoms with van der Waals surface area (Å²) in [5, 5.41) is 8.56. The average Bonchev–Trinajstić information content (AvgIpc) is 2.19. The van der Waals surface area contributed by atoms with Crippen LogP contribution in [0.5, 0.6) is 0 Å². The molecule has 0 atom stereocenters. The van der Waals surface area contributed by atoms with Crippen molar-refractivity contribution < 1.29 is 19.4 Å². The zero-order chi connectivity index (χ0) is 8.97. The molecular weight excluding hydrogens is 162 g/mol. The van der Waals surface area contributed by atoms with Crippen molar-refractivity contribution in [2.75, 3.05) is 26.4 Å². The number of carbonyl (C=O) groups is 2. The van der Waals surface area contributed by atoms with Crippen molar-refractivity contribution in [2.45, 2.75) is 6.42 Å². The number of imide groups is 1. The second kappa shape index (κ2) is 4.18.